The summed E-state index contributed by atoms with van der Waals surface area (Å²) in [5, 5.41) is 0.493. The molecule has 0 saturated carbocycles. The maximum Gasteiger partial charge on any atom is 0.302 e. The highest BCUT2D eigenvalue weighted by atomic mass is 16.5. The van der Waals surface area contributed by atoms with Crippen molar-refractivity contribution in [2.24, 2.45) is 0 Å². The summed E-state index contributed by atoms with van der Waals surface area (Å²) in [6.07, 6.45) is 4.29. The van der Waals surface area contributed by atoms with Gasteiger partial charge in [0.05, 0.1) is 17.1 Å². The molecule has 1 aromatic carbocycles. The Labute approximate surface area is 157 Å². The summed E-state index contributed by atoms with van der Waals surface area (Å²) < 4.78 is 5.80. The molecule has 1 N–H and O–H groups in total. The number of nitrogens with one attached hydrogen (secondary N) is 1. The van der Waals surface area contributed by atoms with Crippen molar-refractivity contribution in [1.82, 2.24) is 19.9 Å². The average Bonchev–Trinajstić information content (AvgIpc) is 3.08. The highest BCUT2D eigenvalue weighted by molar-refractivity contribution is 5.76. The van der Waals surface area contributed by atoms with Gasteiger partial charge in [0.25, 0.3) is 5.56 Å². The minimum atomic E-state index is -0.240. The van der Waals surface area contributed by atoms with Gasteiger partial charge in [0.1, 0.15) is 5.75 Å². The maximum absolute atomic E-state index is 12.2. The van der Waals surface area contributed by atoms with Crippen molar-refractivity contribution in [1.29, 1.82) is 0 Å². The Hall–Kier alpha value is -2.93. The van der Waals surface area contributed by atoms with Crippen LogP contribution in [0.4, 0.5) is 5.69 Å². The van der Waals surface area contributed by atoms with Crippen molar-refractivity contribution in [2.45, 2.75) is 19.4 Å². The van der Waals surface area contributed by atoms with Crippen molar-refractivity contribution < 1.29 is 4.74 Å². The van der Waals surface area contributed by atoms with Crippen molar-refractivity contribution >= 4 is 16.6 Å². The molecular formula is C20H23N5O2. The number of hydrogen-bond donors (Lipinski definition) is 1. The number of pyridine rings is 1. The van der Waals surface area contributed by atoms with Gasteiger partial charge in [-0.3, -0.25) is 14.8 Å². The molecule has 1 aliphatic rings. The van der Waals surface area contributed by atoms with Crippen LogP contribution in [0.3, 0.4) is 0 Å². The molecule has 7 nitrogen and oxygen atoms in total. The molecule has 4 rings (SSSR count). The lowest BCUT2D eigenvalue weighted by Crippen LogP contribution is -2.34. The van der Waals surface area contributed by atoms with Crippen molar-refractivity contribution in [3.8, 4) is 11.8 Å². The van der Waals surface area contributed by atoms with Crippen LogP contribution in [0.1, 0.15) is 12.0 Å². The largest absolute Gasteiger partial charge is 0.426 e. The predicted octanol–water partition coefficient (Wildman–Crippen LogP) is 2.56. The van der Waals surface area contributed by atoms with Crippen LogP contribution >= 0.6 is 0 Å². The number of H-pyrrole nitrogens is 1. The van der Waals surface area contributed by atoms with E-state index in [0.29, 0.717) is 22.7 Å². The van der Waals surface area contributed by atoms with Crippen LogP contribution in [-0.2, 0) is 0 Å². The normalized spacial score (nSPS) is 17.4. The van der Waals surface area contributed by atoms with E-state index < -0.39 is 0 Å². The molecule has 7 heteroatoms. The van der Waals surface area contributed by atoms with E-state index in [2.05, 4.69) is 51.8 Å². The summed E-state index contributed by atoms with van der Waals surface area (Å²) in [6, 6.07) is 8.26. The number of anilines is 1. The molecule has 140 valence electrons. The van der Waals surface area contributed by atoms with E-state index in [1.165, 1.54) is 12.1 Å². The van der Waals surface area contributed by atoms with Crippen molar-refractivity contribution in [3.63, 3.8) is 0 Å². The molecule has 1 unspecified atom stereocenters. The smallest absolute Gasteiger partial charge is 0.302 e. The molecule has 0 aliphatic carbocycles. The number of benzene rings is 1. The zero-order valence-electron chi connectivity index (χ0n) is 15.8. The van der Waals surface area contributed by atoms with Crippen LogP contribution in [0.2, 0.25) is 0 Å². The minimum Gasteiger partial charge on any atom is -0.426 e. The van der Waals surface area contributed by atoms with Gasteiger partial charge >= 0.3 is 6.01 Å². The number of ether oxygens (including phenoxy) is 1. The Bertz CT molecular complexity index is 1030. The summed E-state index contributed by atoms with van der Waals surface area (Å²) >= 11 is 0. The molecule has 1 atom stereocenters. The zero-order valence-corrected chi connectivity index (χ0v) is 15.8. The second-order valence-electron chi connectivity index (χ2n) is 7.13. The first-order valence-corrected chi connectivity index (χ1v) is 9.05. The van der Waals surface area contributed by atoms with E-state index in [1.807, 2.05) is 12.1 Å². The first-order valence-electron chi connectivity index (χ1n) is 9.05. The van der Waals surface area contributed by atoms with Crippen LogP contribution < -0.4 is 15.2 Å². The summed E-state index contributed by atoms with van der Waals surface area (Å²) in [5.41, 5.74) is 2.58. The van der Waals surface area contributed by atoms with Gasteiger partial charge in [-0.2, -0.15) is 4.98 Å². The van der Waals surface area contributed by atoms with Gasteiger partial charge in [0, 0.05) is 31.5 Å². The molecule has 0 amide bonds. The van der Waals surface area contributed by atoms with Crippen LogP contribution in [0.15, 0.2) is 41.5 Å². The highest BCUT2D eigenvalue weighted by Crippen LogP contribution is 2.29. The standard InChI is InChI=1S/C20H23N5O2/c1-13-10-15(4-5-18(13)25(3)14-7-9-24(2)12-14)27-20-22-17-11-21-8-6-16(17)19(26)23-20/h4-6,8,10-11,14H,7,9,12H2,1-3H3,(H,22,23,26). The van der Waals surface area contributed by atoms with E-state index in [9.17, 15) is 4.79 Å². The molecule has 0 spiro atoms. The van der Waals surface area contributed by atoms with E-state index in [-0.39, 0.29) is 11.6 Å². The fourth-order valence-corrected chi connectivity index (χ4v) is 3.64. The molecule has 1 fully saturated rings. The number of hydrogen-bond acceptors (Lipinski definition) is 6. The Kier molecular flexibility index (Phi) is 4.53. The molecule has 27 heavy (non-hydrogen) atoms. The maximum atomic E-state index is 12.2. The molecule has 0 bridgehead atoms. The molecule has 3 aromatic rings. The van der Waals surface area contributed by atoms with Crippen molar-refractivity contribution in [3.05, 3.63) is 52.6 Å². The van der Waals surface area contributed by atoms with Crippen LogP contribution in [0.5, 0.6) is 11.8 Å². The Morgan fingerprint density at radius 1 is 1.33 bits per heavy atom. The Balaban J connectivity index is 1.57. The summed E-state index contributed by atoms with van der Waals surface area (Å²) in [5.74, 6) is 0.639. The third-order valence-corrected chi connectivity index (χ3v) is 5.16. The van der Waals surface area contributed by atoms with Crippen molar-refractivity contribution in [2.75, 3.05) is 32.1 Å². The number of likely N-dealkylation sites (tertiary alicyclic amines) is 1. The molecule has 3 heterocycles. The Morgan fingerprint density at radius 2 is 2.19 bits per heavy atom. The number of aryl methyl sites for hydroxylation is 1. The van der Waals surface area contributed by atoms with E-state index in [0.717, 1.165) is 18.7 Å². The van der Waals surface area contributed by atoms with Gasteiger partial charge in [-0.15, -0.1) is 0 Å². The number of rotatable bonds is 4. The van der Waals surface area contributed by atoms with Crippen LogP contribution in [0, 0.1) is 6.92 Å². The van der Waals surface area contributed by atoms with E-state index in [1.54, 1.807) is 18.5 Å². The number of fused-ring (bicyclic) bond motifs is 1. The van der Waals surface area contributed by atoms with E-state index in [4.69, 9.17) is 4.74 Å². The first kappa shape index (κ1) is 17.5. The number of likely N-dealkylation sites (N-methyl/N-ethyl adjacent to an activating group) is 2. The summed E-state index contributed by atoms with van der Waals surface area (Å²) in [6.45, 7) is 4.27. The molecule has 2 aromatic heterocycles. The highest BCUT2D eigenvalue weighted by Gasteiger charge is 2.24. The van der Waals surface area contributed by atoms with Gasteiger partial charge in [-0.1, -0.05) is 0 Å². The number of aromatic amines is 1. The topological polar surface area (TPSA) is 74.3 Å². The fourth-order valence-electron chi connectivity index (χ4n) is 3.64. The summed E-state index contributed by atoms with van der Waals surface area (Å²) in [7, 11) is 4.30. The lowest BCUT2D eigenvalue weighted by molar-refractivity contribution is 0.409. The average molecular weight is 365 g/mol. The molecular weight excluding hydrogens is 342 g/mol. The van der Waals surface area contributed by atoms with Gasteiger partial charge in [-0.25, -0.2) is 0 Å². The number of nitrogens with zero attached hydrogens (tertiary/aromatic N) is 4. The lowest BCUT2D eigenvalue weighted by atomic mass is 10.1. The van der Waals surface area contributed by atoms with Gasteiger partial charge in [0.2, 0.25) is 0 Å². The first-order chi connectivity index (χ1) is 13.0. The van der Waals surface area contributed by atoms with Crippen LogP contribution in [0.25, 0.3) is 10.9 Å². The molecule has 1 saturated heterocycles. The quantitative estimate of drug-likeness (QED) is 0.766. The minimum absolute atomic E-state index is 0.165. The second-order valence-corrected chi connectivity index (χ2v) is 7.13. The fraction of sp³-hybridized carbons (Fsp3) is 0.350. The SMILES string of the molecule is Cc1cc(Oc2nc3cnccc3c(=O)[nH]2)ccc1N(C)C1CCN(C)C1. The third kappa shape index (κ3) is 3.50. The predicted molar refractivity (Wildman–Crippen MR) is 106 cm³/mol. The zero-order chi connectivity index (χ0) is 19.0. The third-order valence-electron chi connectivity index (χ3n) is 5.16. The number of aromatic nitrogens is 3. The monoisotopic (exact) mass is 365 g/mol. The Morgan fingerprint density at radius 3 is 2.93 bits per heavy atom. The lowest BCUT2D eigenvalue weighted by Gasteiger charge is -2.28. The van der Waals surface area contributed by atoms with E-state index >= 15 is 0 Å². The molecule has 1 aliphatic heterocycles. The summed E-state index contributed by atoms with van der Waals surface area (Å²) in [4.78, 5) is 27.9. The van der Waals surface area contributed by atoms with Crippen LogP contribution in [-0.4, -0.2) is 53.1 Å². The van der Waals surface area contributed by atoms with Gasteiger partial charge < -0.3 is 14.5 Å². The van der Waals surface area contributed by atoms with Gasteiger partial charge in [0.15, 0.2) is 0 Å². The second kappa shape index (κ2) is 7.00. The molecule has 0 radical (unpaired) electrons. The van der Waals surface area contributed by atoms with Gasteiger partial charge in [-0.05, 0) is 56.8 Å².